The van der Waals surface area contributed by atoms with Crippen molar-refractivity contribution in [3.8, 4) is 22.9 Å². The van der Waals surface area contributed by atoms with Gasteiger partial charge in [0.15, 0.2) is 13.7 Å². The largest absolute Gasteiger partial charge is 0.273 e. The molecule has 0 aliphatic rings. The molecule has 5 nitrogen and oxygen atoms in total. The number of nitrogens with one attached hydrogen (secondary N) is 1. The van der Waals surface area contributed by atoms with Gasteiger partial charge in [-0.25, -0.2) is 9.97 Å². The van der Waals surface area contributed by atoms with Crippen molar-refractivity contribution in [3.63, 3.8) is 0 Å². The number of rotatable bonds is 2. The average Bonchev–Trinajstić information content (AvgIpc) is 2.87. The van der Waals surface area contributed by atoms with Crippen LogP contribution in [0.3, 0.4) is 0 Å². The third kappa shape index (κ3) is 2.00. The molecule has 18 heavy (non-hydrogen) atoms. The first-order chi connectivity index (χ1) is 8.83. The van der Waals surface area contributed by atoms with E-state index in [0.717, 1.165) is 11.4 Å². The van der Waals surface area contributed by atoms with Crippen molar-refractivity contribution in [1.82, 2.24) is 25.1 Å². The number of hydrogen-bond donors (Lipinski definition) is 1. The second-order valence-corrected chi connectivity index (χ2v) is 3.67. The summed E-state index contributed by atoms with van der Waals surface area (Å²) < 4.78 is 0. The molecule has 0 fully saturated rings. The fraction of sp³-hybridized carbons (Fsp3) is 0. The van der Waals surface area contributed by atoms with Crippen LogP contribution in [0.15, 0.2) is 42.6 Å². The highest BCUT2D eigenvalue weighted by Crippen LogP contribution is 2.17. The van der Waals surface area contributed by atoms with E-state index >= 15 is 0 Å². The Balaban J connectivity index is 2.05. The van der Waals surface area contributed by atoms with E-state index in [0.29, 0.717) is 11.5 Å². The minimum atomic E-state index is 0.273. The number of H-pyrrole nitrogens is 1. The monoisotopic (exact) mass is 233 g/mol. The number of nitrogens with zero attached hydrogens (tertiary/aromatic N) is 4. The highest BCUT2D eigenvalue weighted by molar-refractivity contribution is 6.29. The van der Waals surface area contributed by atoms with Gasteiger partial charge in [0.2, 0.25) is 0 Å². The second-order valence-electron chi connectivity index (χ2n) is 3.67. The van der Waals surface area contributed by atoms with Crippen molar-refractivity contribution < 1.29 is 0 Å². The van der Waals surface area contributed by atoms with Crippen LogP contribution in [0.4, 0.5) is 0 Å². The first-order valence-electron chi connectivity index (χ1n) is 5.39. The molecule has 0 aliphatic heterocycles. The Morgan fingerprint density at radius 1 is 0.889 bits per heavy atom. The zero-order valence-corrected chi connectivity index (χ0v) is 9.41. The Kier molecular flexibility index (Phi) is 2.61. The fourth-order valence-electron chi connectivity index (χ4n) is 1.61. The van der Waals surface area contributed by atoms with Gasteiger partial charge >= 0.3 is 0 Å². The highest BCUT2D eigenvalue weighted by Gasteiger charge is 2.07. The number of aromatic nitrogens is 5. The van der Waals surface area contributed by atoms with Crippen LogP contribution in [-0.2, 0) is 0 Å². The molecule has 0 aliphatic carbocycles. The molecule has 0 amide bonds. The second kappa shape index (κ2) is 4.41. The molecule has 0 bridgehead atoms. The van der Waals surface area contributed by atoms with Crippen LogP contribution in [0.5, 0.6) is 0 Å². The summed E-state index contributed by atoms with van der Waals surface area (Å²) in [7, 11) is 5.50. The first kappa shape index (κ1) is 10.6. The lowest BCUT2D eigenvalue weighted by atomic mass is 10.1. The van der Waals surface area contributed by atoms with E-state index in [2.05, 4.69) is 25.1 Å². The molecule has 3 rings (SSSR count). The van der Waals surface area contributed by atoms with E-state index in [1.807, 2.05) is 36.4 Å². The third-order valence-corrected chi connectivity index (χ3v) is 2.41. The Bertz CT molecular complexity index is 665. The van der Waals surface area contributed by atoms with Crippen molar-refractivity contribution in [3.05, 3.63) is 42.6 Å². The van der Waals surface area contributed by atoms with E-state index in [9.17, 15) is 0 Å². The third-order valence-electron chi connectivity index (χ3n) is 2.41. The fourth-order valence-corrected chi connectivity index (χ4v) is 1.61. The Hall–Kier alpha value is -2.50. The number of pyridine rings is 2. The molecule has 84 valence electrons. The van der Waals surface area contributed by atoms with Crippen molar-refractivity contribution in [2.24, 2.45) is 0 Å². The SMILES string of the molecule is [B]c1nc(-c2cccc(-c3ccccn3)n2)n[nH]1. The average molecular weight is 233 g/mol. The van der Waals surface area contributed by atoms with Crippen molar-refractivity contribution in [2.75, 3.05) is 0 Å². The Morgan fingerprint density at radius 3 is 2.44 bits per heavy atom. The predicted octanol–water partition coefficient (Wildman–Crippen LogP) is 0.722. The van der Waals surface area contributed by atoms with Crippen LogP contribution < -0.4 is 5.72 Å². The van der Waals surface area contributed by atoms with E-state index in [4.69, 9.17) is 7.85 Å². The summed E-state index contributed by atoms with van der Waals surface area (Å²) in [6.07, 6.45) is 1.73. The summed E-state index contributed by atoms with van der Waals surface area (Å²) in [4.78, 5) is 12.8. The molecule has 0 atom stereocenters. The lowest BCUT2D eigenvalue weighted by Gasteiger charge is -2.01. The highest BCUT2D eigenvalue weighted by atomic mass is 15.2. The summed E-state index contributed by atoms with van der Waals surface area (Å²) in [5.41, 5.74) is 2.51. The number of aromatic amines is 1. The molecule has 3 aromatic heterocycles. The van der Waals surface area contributed by atoms with Gasteiger partial charge in [0.1, 0.15) is 5.69 Å². The van der Waals surface area contributed by atoms with Gasteiger partial charge in [-0.3, -0.25) is 10.1 Å². The van der Waals surface area contributed by atoms with Crippen LogP contribution in [-0.4, -0.2) is 33.0 Å². The Labute approximate surface area is 105 Å². The maximum Gasteiger partial charge on any atom is 0.198 e. The summed E-state index contributed by atoms with van der Waals surface area (Å²) in [5, 5.41) is 6.56. The maximum atomic E-state index is 5.50. The smallest absolute Gasteiger partial charge is 0.198 e. The van der Waals surface area contributed by atoms with Crippen LogP contribution in [0.25, 0.3) is 22.9 Å². The molecule has 0 aromatic carbocycles. The Morgan fingerprint density at radius 2 is 1.72 bits per heavy atom. The topological polar surface area (TPSA) is 67.3 Å². The van der Waals surface area contributed by atoms with Crippen LogP contribution >= 0.6 is 0 Å². The van der Waals surface area contributed by atoms with E-state index in [1.54, 1.807) is 6.20 Å². The quantitative estimate of drug-likeness (QED) is 0.662. The van der Waals surface area contributed by atoms with E-state index in [1.165, 1.54) is 0 Å². The van der Waals surface area contributed by atoms with Gasteiger partial charge in [-0.15, -0.1) is 0 Å². The molecule has 0 unspecified atom stereocenters. The molecule has 3 heterocycles. The zero-order valence-electron chi connectivity index (χ0n) is 9.41. The summed E-state index contributed by atoms with van der Waals surface area (Å²) in [6, 6.07) is 11.3. The minimum absolute atomic E-state index is 0.273. The number of hydrogen-bond acceptors (Lipinski definition) is 4. The lowest BCUT2D eigenvalue weighted by molar-refractivity contribution is 1.10. The summed E-state index contributed by atoms with van der Waals surface area (Å²) in [6.45, 7) is 0. The maximum absolute atomic E-state index is 5.50. The van der Waals surface area contributed by atoms with Crippen LogP contribution in [0, 0.1) is 0 Å². The van der Waals surface area contributed by atoms with Gasteiger partial charge < -0.3 is 0 Å². The predicted molar refractivity (Wildman–Crippen MR) is 68.2 cm³/mol. The van der Waals surface area contributed by atoms with Crippen molar-refractivity contribution in [2.45, 2.75) is 0 Å². The molecule has 0 spiro atoms. The van der Waals surface area contributed by atoms with Crippen molar-refractivity contribution in [1.29, 1.82) is 0 Å². The van der Waals surface area contributed by atoms with Crippen LogP contribution in [0.1, 0.15) is 0 Å². The molecule has 1 N–H and O–H groups in total. The molecule has 3 aromatic rings. The first-order valence-corrected chi connectivity index (χ1v) is 5.39. The van der Waals surface area contributed by atoms with Crippen molar-refractivity contribution >= 4 is 13.6 Å². The van der Waals surface area contributed by atoms with Gasteiger partial charge in [0.05, 0.1) is 17.1 Å². The minimum Gasteiger partial charge on any atom is -0.273 e. The summed E-state index contributed by atoms with van der Waals surface area (Å²) in [5.74, 6) is 0.477. The molecule has 2 radical (unpaired) electrons. The van der Waals surface area contributed by atoms with E-state index < -0.39 is 0 Å². The van der Waals surface area contributed by atoms with Gasteiger partial charge in [-0.05, 0) is 24.3 Å². The molecule has 6 heteroatoms. The molecular formula is C12H8BN5. The van der Waals surface area contributed by atoms with Gasteiger partial charge in [-0.2, -0.15) is 5.10 Å². The molecular weight excluding hydrogens is 225 g/mol. The van der Waals surface area contributed by atoms with Gasteiger partial charge in [-0.1, -0.05) is 12.1 Å². The zero-order chi connectivity index (χ0) is 12.4. The molecule has 0 saturated carbocycles. The standard InChI is InChI=1S/C12H8BN5/c13-12-16-11(17-18-12)10-6-3-5-9(15-10)8-4-1-2-7-14-8/h1-7H,(H,16,17,18). The lowest BCUT2D eigenvalue weighted by Crippen LogP contribution is -2.05. The summed E-state index contributed by atoms with van der Waals surface area (Å²) >= 11 is 0. The van der Waals surface area contributed by atoms with Crippen LogP contribution in [0.2, 0.25) is 0 Å². The van der Waals surface area contributed by atoms with Gasteiger partial charge in [0.25, 0.3) is 0 Å². The van der Waals surface area contributed by atoms with Gasteiger partial charge in [0, 0.05) is 6.20 Å². The normalized spacial score (nSPS) is 10.4. The van der Waals surface area contributed by atoms with E-state index in [-0.39, 0.29) is 5.72 Å². The molecule has 0 saturated heterocycles.